The van der Waals surface area contributed by atoms with Gasteiger partial charge < -0.3 is 5.32 Å². The van der Waals surface area contributed by atoms with Gasteiger partial charge in [-0.25, -0.2) is 17.8 Å². The molecule has 3 rings (SSSR count). The lowest BCUT2D eigenvalue weighted by Gasteiger charge is -2.05. The maximum atomic E-state index is 13.0. The van der Waals surface area contributed by atoms with E-state index in [1.165, 1.54) is 0 Å². The second-order valence-electron chi connectivity index (χ2n) is 5.80. The molecule has 0 aliphatic rings. The van der Waals surface area contributed by atoms with E-state index in [0.29, 0.717) is 22.1 Å². The monoisotopic (exact) mass is 439 g/mol. The molecule has 2 N–H and O–H groups in total. The summed E-state index contributed by atoms with van der Waals surface area (Å²) in [4.78, 5) is 16.7. The summed E-state index contributed by atoms with van der Waals surface area (Å²) in [6.45, 7) is 1.91. The van der Waals surface area contributed by atoms with Crippen LogP contribution in [-0.4, -0.2) is 19.3 Å². The van der Waals surface area contributed by atoms with Gasteiger partial charge in [-0.3, -0.25) is 9.52 Å². The lowest BCUT2D eigenvalue weighted by Crippen LogP contribution is -2.22. The summed E-state index contributed by atoms with van der Waals surface area (Å²) in [7, 11) is -3.93. The molecule has 0 spiro atoms. The smallest absolute Gasteiger partial charge is 0.263 e. The maximum absolute atomic E-state index is 13.0. The molecule has 0 atom stereocenters. The Bertz CT molecular complexity index is 1100. The number of aryl methyl sites for hydroxylation is 1. The quantitative estimate of drug-likeness (QED) is 0.608. The third kappa shape index (κ3) is 4.86. The summed E-state index contributed by atoms with van der Waals surface area (Å²) in [5.41, 5.74) is 1.27. The van der Waals surface area contributed by atoms with Gasteiger partial charge in [0.2, 0.25) is 0 Å². The molecule has 1 heterocycles. The number of nitrogens with zero attached hydrogens (tertiary/aromatic N) is 1. The van der Waals surface area contributed by atoms with Crippen LogP contribution in [0.5, 0.6) is 0 Å². The van der Waals surface area contributed by atoms with Crippen molar-refractivity contribution in [3.63, 3.8) is 0 Å². The Hall–Kier alpha value is -2.49. The Kier molecular flexibility index (Phi) is 5.97. The van der Waals surface area contributed by atoms with E-state index >= 15 is 0 Å². The third-order valence-corrected chi connectivity index (χ3v) is 6.52. The molecule has 3 aromatic rings. The average Bonchev–Trinajstić information content (AvgIpc) is 3.01. The van der Waals surface area contributed by atoms with Gasteiger partial charge in [-0.05, 0) is 48.9 Å². The highest BCUT2D eigenvalue weighted by molar-refractivity contribution is 7.93. The highest BCUT2D eigenvalue weighted by atomic mass is 35.5. The lowest BCUT2D eigenvalue weighted by atomic mass is 10.2. The van der Waals surface area contributed by atoms with E-state index in [9.17, 15) is 17.6 Å². The first kappa shape index (κ1) is 20.2. The minimum Gasteiger partial charge on any atom is -0.347 e. The molecule has 0 fully saturated rings. The second-order valence-corrected chi connectivity index (χ2v) is 8.92. The number of hydrogen-bond acceptors (Lipinski definition) is 5. The zero-order valence-electron chi connectivity index (χ0n) is 14.6. The zero-order chi connectivity index (χ0) is 20.3. The number of nitrogens with one attached hydrogen (secondary N) is 2. The number of aromatic nitrogens is 1. The van der Waals surface area contributed by atoms with Crippen LogP contribution in [0.15, 0.2) is 53.4 Å². The summed E-state index contributed by atoms with van der Waals surface area (Å²) in [5, 5.41) is 3.42. The third-order valence-electron chi connectivity index (χ3n) is 3.71. The molecule has 2 aromatic carbocycles. The first-order chi connectivity index (χ1) is 13.2. The largest absolute Gasteiger partial charge is 0.347 e. The molecule has 1 amide bonds. The second kappa shape index (κ2) is 8.26. The summed E-state index contributed by atoms with van der Waals surface area (Å²) in [5.74, 6) is -0.902. The normalized spacial score (nSPS) is 11.2. The van der Waals surface area contributed by atoms with Crippen LogP contribution in [0.25, 0.3) is 0 Å². The lowest BCUT2D eigenvalue weighted by molar-refractivity contribution is 0.0954. The summed E-state index contributed by atoms with van der Waals surface area (Å²) in [6.07, 6.45) is 0. The number of benzene rings is 2. The van der Waals surface area contributed by atoms with Gasteiger partial charge in [0.1, 0.15) is 10.7 Å². The Morgan fingerprint density at radius 3 is 2.43 bits per heavy atom. The van der Waals surface area contributed by atoms with Crippen LogP contribution in [-0.2, 0) is 16.6 Å². The van der Waals surface area contributed by atoms with Crippen molar-refractivity contribution in [2.24, 2.45) is 0 Å². The summed E-state index contributed by atoms with van der Waals surface area (Å²) >= 11 is 6.75. The number of sulfonamides is 1. The van der Waals surface area contributed by atoms with E-state index in [1.54, 1.807) is 31.2 Å². The van der Waals surface area contributed by atoms with Crippen LogP contribution in [0, 0.1) is 12.7 Å². The predicted octanol–water partition coefficient (Wildman–Crippen LogP) is 3.97. The molecule has 0 bridgehead atoms. The van der Waals surface area contributed by atoms with Gasteiger partial charge in [0.15, 0.2) is 5.13 Å². The number of rotatable bonds is 6. The molecule has 0 aliphatic heterocycles. The number of halogens is 2. The van der Waals surface area contributed by atoms with Crippen molar-refractivity contribution in [1.29, 1.82) is 0 Å². The highest BCUT2D eigenvalue weighted by Crippen LogP contribution is 2.25. The van der Waals surface area contributed by atoms with Crippen LogP contribution >= 0.6 is 22.9 Å². The Labute approximate surface area is 170 Å². The fourth-order valence-electron chi connectivity index (χ4n) is 2.30. The molecule has 0 saturated heterocycles. The first-order valence-electron chi connectivity index (χ1n) is 8.03. The van der Waals surface area contributed by atoms with Crippen LogP contribution in [0.1, 0.15) is 20.9 Å². The number of thiazole rings is 1. The molecular formula is C18H15ClFN3O3S2. The van der Waals surface area contributed by atoms with E-state index < -0.39 is 15.8 Å². The number of anilines is 1. The van der Waals surface area contributed by atoms with E-state index in [-0.39, 0.29) is 15.9 Å². The Morgan fingerprint density at radius 1 is 1.14 bits per heavy atom. The Balaban J connectivity index is 1.70. The molecule has 0 aliphatic carbocycles. The van der Waals surface area contributed by atoms with E-state index in [4.69, 9.17) is 11.6 Å². The van der Waals surface area contributed by atoms with Gasteiger partial charge in [-0.1, -0.05) is 35.1 Å². The fourth-order valence-corrected chi connectivity index (χ4v) is 4.55. The molecular weight excluding hydrogens is 425 g/mol. The van der Waals surface area contributed by atoms with E-state index in [2.05, 4.69) is 15.0 Å². The number of carbonyl (C=O) groups excluding carboxylic acids is 1. The van der Waals surface area contributed by atoms with Crippen LogP contribution in [0.3, 0.4) is 0 Å². The van der Waals surface area contributed by atoms with Crippen molar-refractivity contribution in [3.05, 3.63) is 75.5 Å². The highest BCUT2D eigenvalue weighted by Gasteiger charge is 2.20. The van der Waals surface area contributed by atoms with Crippen molar-refractivity contribution < 1.29 is 17.6 Å². The number of carbonyl (C=O) groups is 1. The number of hydrogen-bond donors (Lipinski definition) is 2. The molecule has 0 radical (unpaired) electrons. The molecule has 6 nitrogen and oxygen atoms in total. The topological polar surface area (TPSA) is 88.2 Å². The van der Waals surface area contributed by atoms with Gasteiger partial charge in [0.25, 0.3) is 15.9 Å². The summed E-state index contributed by atoms with van der Waals surface area (Å²) < 4.78 is 40.0. The van der Waals surface area contributed by atoms with Crippen molar-refractivity contribution >= 4 is 44.0 Å². The minimum atomic E-state index is -3.93. The van der Waals surface area contributed by atoms with Gasteiger partial charge in [0.05, 0.1) is 10.6 Å². The average molecular weight is 440 g/mol. The molecule has 1 aromatic heterocycles. The molecule has 0 saturated carbocycles. The van der Waals surface area contributed by atoms with Gasteiger partial charge in [-0.2, -0.15) is 0 Å². The van der Waals surface area contributed by atoms with Gasteiger partial charge in [-0.15, -0.1) is 0 Å². The number of amides is 1. The SMILES string of the molecule is Cc1nc(NS(=O)(=O)c2ccc(F)cc2)sc1C(=O)NCc1ccc(Cl)cc1. The van der Waals surface area contributed by atoms with E-state index in [0.717, 1.165) is 41.2 Å². The molecule has 28 heavy (non-hydrogen) atoms. The molecule has 0 unspecified atom stereocenters. The van der Waals surface area contributed by atoms with Gasteiger partial charge in [0, 0.05) is 11.6 Å². The maximum Gasteiger partial charge on any atom is 0.263 e. The van der Waals surface area contributed by atoms with Crippen molar-refractivity contribution in [1.82, 2.24) is 10.3 Å². The van der Waals surface area contributed by atoms with Crippen molar-refractivity contribution in [2.75, 3.05) is 4.72 Å². The van der Waals surface area contributed by atoms with Crippen LogP contribution < -0.4 is 10.0 Å². The minimum absolute atomic E-state index is 0.0541. The van der Waals surface area contributed by atoms with E-state index in [1.807, 2.05) is 0 Å². The van der Waals surface area contributed by atoms with Crippen molar-refractivity contribution in [2.45, 2.75) is 18.4 Å². The Morgan fingerprint density at radius 2 is 1.79 bits per heavy atom. The van der Waals surface area contributed by atoms with Crippen LogP contribution in [0.2, 0.25) is 5.02 Å². The predicted molar refractivity (Wildman–Crippen MR) is 107 cm³/mol. The van der Waals surface area contributed by atoms with Crippen molar-refractivity contribution in [3.8, 4) is 0 Å². The molecule has 146 valence electrons. The summed E-state index contributed by atoms with van der Waals surface area (Å²) in [6, 6.07) is 11.5. The fraction of sp³-hybridized carbons (Fsp3) is 0.111. The standard InChI is InChI=1S/C18H15ClFN3O3S2/c1-11-16(17(24)21-10-12-2-4-13(19)5-3-12)27-18(22-11)23-28(25,26)15-8-6-14(20)7-9-15/h2-9H,10H2,1H3,(H,21,24)(H,22,23). The molecule has 10 heteroatoms. The first-order valence-corrected chi connectivity index (χ1v) is 10.7. The van der Waals surface area contributed by atoms with Gasteiger partial charge >= 0.3 is 0 Å². The van der Waals surface area contributed by atoms with Crippen LogP contribution in [0.4, 0.5) is 9.52 Å². The zero-order valence-corrected chi connectivity index (χ0v) is 17.0.